The standard InChI is InChI=1S/C10H15ClN2O2S/c1-13(6-7-16(2,14)15)8-9-4-3-5-12-10(9)11/h3-5H,6-8H2,1-2H3. The SMILES string of the molecule is CN(CCS(C)(=O)=O)Cc1cccnc1Cl. The summed E-state index contributed by atoms with van der Waals surface area (Å²) in [5.74, 6) is 0.154. The van der Waals surface area contributed by atoms with Crippen LogP contribution in [0, 0.1) is 0 Å². The Labute approximate surface area is 101 Å². The molecule has 1 aromatic heterocycles. The fourth-order valence-electron chi connectivity index (χ4n) is 1.23. The van der Waals surface area contributed by atoms with Crippen LogP contribution in [0.1, 0.15) is 5.56 Å². The molecule has 4 nitrogen and oxygen atoms in total. The first kappa shape index (κ1) is 13.4. The van der Waals surface area contributed by atoms with E-state index < -0.39 is 9.84 Å². The maximum Gasteiger partial charge on any atom is 0.148 e. The summed E-state index contributed by atoms with van der Waals surface area (Å²) in [6.07, 6.45) is 2.86. The van der Waals surface area contributed by atoms with Crippen LogP contribution in [0.25, 0.3) is 0 Å². The molecule has 0 fully saturated rings. The third-order valence-corrected chi connectivity index (χ3v) is 3.38. The van der Waals surface area contributed by atoms with Crippen molar-refractivity contribution in [3.63, 3.8) is 0 Å². The Kier molecular flexibility index (Phi) is 4.70. The van der Waals surface area contributed by atoms with Crippen LogP contribution in [0.5, 0.6) is 0 Å². The van der Waals surface area contributed by atoms with Gasteiger partial charge in [-0.2, -0.15) is 0 Å². The molecule has 90 valence electrons. The predicted octanol–water partition coefficient (Wildman–Crippen LogP) is 1.21. The van der Waals surface area contributed by atoms with Gasteiger partial charge < -0.3 is 4.90 Å². The molecule has 0 aliphatic heterocycles. The molecular weight excluding hydrogens is 248 g/mol. The second-order valence-corrected chi connectivity index (χ2v) is 6.44. The summed E-state index contributed by atoms with van der Waals surface area (Å²) in [5.41, 5.74) is 0.903. The van der Waals surface area contributed by atoms with Gasteiger partial charge in [-0.15, -0.1) is 0 Å². The van der Waals surface area contributed by atoms with Crippen LogP contribution in [0.4, 0.5) is 0 Å². The van der Waals surface area contributed by atoms with Gasteiger partial charge in [-0.1, -0.05) is 17.7 Å². The van der Waals surface area contributed by atoms with Crippen molar-refractivity contribution in [1.29, 1.82) is 0 Å². The minimum absolute atomic E-state index is 0.154. The Balaban J connectivity index is 2.52. The van der Waals surface area contributed by atoms with E-state index in [1.165, 1.54) is 6.26 Å². The number of sulfone groups is 1. The van der Waals surface area contributed by atoms with Crippen LogP contribution in [0.2, 0.25) is 5.15 Å². The van der Waals surface area contributed by atoms with Crippen LogP contribution >= 0.6 is 11.6 Å². The number of nitrogens with zero attached hydrogens (tertiary/aromatic N) is 2. The monoisotopic (exact) mass is 262 g/mol. The van der Waals surface area contributed by atoms with Crippen molar-refractivity contribution in [1.82, 2.24) is 9.88 Å². The Bertz CT molecular complexity index is 448. The molecule has 0 N–H and O–H groups in total. The highest BCUT2D eigenvalue weighted by molar-refractivity contribution is 7.90. The second kappa shape index (κ2) is 5.61. The molecule has 0 spiro atoms. The lowest BCUT2D eigenvalue weighted by molar-refractivity contribution is 0.346. The highest BCUT2D eigenvalue weighted by Gasteiger charge is 2.08. The Hall–Kier alpha value is -0.650. The molecule has 0 radical (unpaired) electrons. The van der Waals surface area contributed by atoms with E-state index >= 15 is 0 Å². The first-order valence-corrected chi connectivity index (χ1v) is 7.28. The molecule has 1 rings (SSSR count). The van der Waals surface area contributed by atoms with Crippen LogP contribution < -0.4 is 0 Å². The summed E-state index contributed by atoms with van der Waals surface area (Å²) >= 11 is 5.90. The molecule has 16 heavy (non-hydrogen) atoms. The van der Waals surface area contributed by atoms with Crippen molar-refractivity contribution in [2.75, 3.05) is 25.6 Å². The van der Waals surface area contributed by atoms with Gasteiger partial charge in [-0.3, -0.25) is 0 Å². The van der Waals surface area contributed by atoms with E-state index in [4.69, 9.17) is 11.6 Å². The van der Waals surface area contributed by atoms with Crippen LogP contribution in [-0.4, -0.2) is 43.9 Å². The predicted molar refractivity (Wildman–Crippen MR) is 65.3 cm³/mol. The zero-order valence-electron chi connectivity index (χ0n) is 9.35. The molecule has 0 amide bonds. The van der Waals surface area contributed by atoms with Crippen LogP contribution in [-0.2, 0) is 16.4 Å². The lowest BCUT2D eigenvalue weighted by atomic mass is 10.3. The van der Waals surface area contributed by atoms with E-state index in [9.17, 15) is 8.42 Å². The highest BCUT2D eigenvalue weighted by atomic mass is 35.5. The summed E-state index contributed by atoms with van der Waals surface area (Å²) in [5, 5.41) is 0.466. The molecule has 1 heterocycles. The largest absolute Gasteiger partial charge is 0.301 e. The van der Waals surface area contributed by atoms with Crippen LogP contribution in [0.3, 0.4) is 0 Å². The summed E-state index contributed by atoms with van der Waals surface area (Å²) < 4.78 is 22.0. The molecule has 0 aliphatic carbocycles. The quantitative estimate of drug-likeness (QED) is 0.749. The summed E-state index contributed by atoms with van der Waals surface area (Å²) in [6.45, 7) is 1.09. The normalized spacial score (nSPS) is 12.0. The maximum absolute atomic E-state index is 11.0. The van der Waals surface area contributed by atoms with E-state index in [0.717, 1.165) is 5.56 Å². The van der Waals surface area contributed by atoms with Gasteiger partial charge in [0.05, 0.1) is 5.75 Å². The third kappa shape index (κ3) is 4.92. The van der Waals surface area contributed by atoms with E-state index in [-0.39, 0.29) is 5.75 Å². The number of halogens is 1. The van der Waals surface area contributed by atoms with Gasteiger partial charge in [-0.25, -0.2) is 13.4 Å². The van der Waals surface area contributed by atoms with Crippen LogP contribution in [0.15, 0.2) is 18.3 Å². The Morgan fingerprint density at radius 3 is 2.75 bits per heavy atom. The van der Waals surface area contributed by atoms with Gasteiger partial charge in [0.15, 0.2) is 0 Å². The Morgan fingerprint density at radius 1 is 1.50 bits per heavy atom. The fraction of sp³-hybridized carbons (Fsp3) is 0.500. The molecule has 0 aromatic carbocycles. The van der Waals surface area contributed by atoms with Crippen molar-refractivity contribution >= 4 is 21.4 Å². The lowest BCUT2D eigenvalue weighted by Crippen LogP contribution is -2.25. The van der Waals surface area contributed by atoms with Gasteiger partial charge in [0, 0.05) is 31.1 Å². The number of aromatic nitrogens is 1. The summed E-state index contributed by atoms with van der Waals surface area (Å²) in [7, 11) is -1.06. The molecule has 0 aliphatic rings. The van der Waals surface area contributed by atoms with E-state index in [0.29, 0.717) is 18.2 Å². The molecule has 0 saturated heterocycles. The lowest BCUT2D eigenvalue weighted by Gasteiger charge is -2.16. The van der Waals surface area contributed by atoms with Gasteiger partial charge >= 0.3 is 0 Å². The smallest absolute Gasteiger partial charge is 0.148 e. The first-order valence-electron chi connectivity index (χ1n) is 4.84. The second-order valence-electron chi connectivity index (χ2n) is 3.82. The number of hydrogen-bond donors (Lipinski definition) is 0. The average Bonchev–Trinajstić information content (AvgIpc) is 2.18. The van der Waals surface area contributed by atoms with Gasteiger partial charge in [0.25, 0.3) is 0 Å². The molecule has 1 aromatic rings. The highest BCUT2D eigenvalue weighted by Crippen LogP contribution is 2.13. The first-order chi connectivity index (χ1) is 7.38. The molecule has 0 bridgehead atoms. The van der Waals surface area contributed by atoms with Crippen molar-refractivity contribution in [2.24, 2.45) is 0 Å². The third-order valence-electron chi connectivity index (χ3n) is 2.12. The van der Waals surface area contributed by atoms with E-state index in [1.807, 2.05) is 24.1 Å². The fourth-order valence-corrected chi connectivity index (χ4v) is 2.05. The zero-order chi connectivity index (χ0) is 12.2. The summed E-state index contributed by atoms with van der Waals surface area (Å²) in [6, 6.07) is 3.69. The zero-order valence-corrected chi connectivity index (χ0v) is 10.9. The van der Waals surface area contributed by atoms with Gasteiger partial charge in [0.2, 0.25) is 0 Å². The maximum atomic E-state index is 11.0. The molecule has 0 unspecified atom stereocenters. The van der Waals surface area contributed by atoms with E-state index in [1.54, 1.807) is 6.20 Å². The molecule has 0 atom stereocenters. The van der Waals surface area contributed by atoms with Crippen molar-refractivity contribution < 1.29 is 8.42 Å². The van der Waals surface area contributed by atoms with Crippen molar-refractivity contribution in [3.8, 4) is 0 Å². The minimum Gasteiger partial charge on any atom is -0.301 e. The molecule has 0 saturated carbocycles. The summed E-state index contributed by atoms with van der Waals surface area (Å²) in [4.78, 5) is 5.87. The molecule has 6 heteroatoms. The number of hydrogen-bond acceptors (Lipinski definition) is 4. The Morgan fingerprint density at radius 2 is 2.19 bits per heavy atom. The molecular formula is C10H15ClN2O2S. The topological polar surface area (TPSA) is 50.3 Å². The van der Waals surface area contributed by atoms with E-state index in [2.05, 4.69) is 4.98 Å². The van der Waals surface area contributed by atoms with Gasteiger partial charge in [0.1, 0.15) is 15.0 Å². The average molecular weight is 263 g/mol. The van der Waals surface area contributed by atoms with Gasteiger partial charge in [-0.05, 0) is 13.1 Å². The number of pyridine rings is 1. The number of rotatable bonds is 5. The van der Waals surface area contributed by atoms with Crippen molar-refractivity contribution in [2.45, 2.75) is 6.54 Å². The van der Waals surface area contributed by atoms with Crippen molar-refractivity contribution in [3.05, 3.63) is 29.0 Å². The minimum atomic E-state index is -2.91.